The molecule has 2 aliphatic heterocycles. The standard InChI is InChI=1S/C9H15O3.U/c1-4-9-7(10)6(5-11-9)12-8(9,2)3;/h5-7,10H,4H2,1-3H3;/q-1;/t6-,7-,9+;/m0./s1. The molecule has 2 saturated heterocycles. The molecule has 2 bridgehead atoms. The summed E-state index contributed by atoms with van der Waals surface area (Å²) >= 11 is 0. The molecule has 13 heavy (non-hydrogen) atoms. The third kappa shape index (κ3) is 1.34. The van der Waals surface area contributed by atoms with E-state index in [1.807, 2.05) is 20.8 Å². The fourth-order valence-corrected chi connectivity index (χ4v) is 2.35. The van der Waals surface area contributed by atoms with Crippen molar-refractivity contribution in [1.29, 1.82) is 0 Å². The molecule has 0 spiro atoms. The van der Waals surface area contributed by atoms with Crippen LogP contribution in [0.2, 0.25) is 0 Å². The maximum atomic E-state index is 9.83. The minimum Gasteiger partial charge on any atom is -0.541 e. The maximum absolute atomic E-state index is 9.83. The Morgan fingerprint density at radius 1 is 1.46 bits per heavy atom. The first-order chi connectivity index (χ1) is 5.53. The van der Waals surface area contributed by atoms with Crippen LogP contribution >= 0.6 is 0 Å². The zero-order chi connectivity index (χ0) is 8.98. The van der Waals surface area contributed by atoms with Crippen molar-refractivity contribution < 1.29 is 45.7 Å². The third-order valence-electron chi connectivity index (χ3n) is 3.18. The molecule has 0 unspecified atom stereocenters. The predicted molar refractivity (Wildman–Crippen MR) is 43.4 cm³/mol. The molecule has 0 saturated carbocycles. The normalized spacial score (nSPS) is 46.2. The molecule has 0 amide bonds. The Morgan fingerprint density at radius 3 is 2.31 bits per heavy atom. The number of aliphatic hydroxyl groups excluding tert-OH is 1. The summed E-state index contributed by atoms with van der Waals surface area (Å²) in [5.74, 6) is 0. The number of ether oxygens (including phenoxy) is 2. The van der Waals surface area contributed by atoms with Crippen LogP contribution in [-0.2, 0) is 9.47 Å². The molecule has 0 aromatic rings. The van der Waals surface area contributed by atoms with E-state index in [4.69, 9.17) is 9.47 Å². The number of rotatable bonds is 1. The summed E-state index contributed by atoms with van der Waals surface area (Å²) in [6.07, 6.45) is 0.0335. The number of fused-ring (bicyclic) bond motifs is 2. The average molecular weight is 409 g/mol. The van der Waals surface area contributed by atoms with E-state index in [1.165, 1.54) is 0 Å². The Hall–Kier alpha value is 0.932. The van der Waals surface area contributed by atoms with Gasteiger partial charge in [0, 0.05) is 31.1 Å². The Balaban J connectivity index is 0.000000845. The van der Waals surface area contributed by atoms with Crippen LogP contribution in [0.3, 0.4) is 0 Å². The van der Waals surface area contributed by atoms with Gasteiger partial charge in [-0.2, -0.15) is 6.61 Å². The SMILES string of the molecule is CC[C@]12O[CH-][C@H](OC1(C)C)[C@@H]2O.[U]. The zero-order valence-electron chi connectivity index (χ0n) is 8.20. The quantitative estimate of drug-likeness (QED) is 0.654. The molecule has 2 aliphatic rings. The van der Waals surface area contributed by atoms with Gasteiger partial charge in [0.15, 0.2) is 0 Å². The van der Waals surface area contributed by atoms with Crippen LogP contribution in [0.25, 0.3) is 0 Å². The summed E-state index contributed by atoms with van der Waals surface area (Å²) in [6.45, 7) is 7.55. The van der Waals surface area contributed by atoms with Crippen LogP contribution in [-0.4, -0.2) is 28.5 Å². The van der Waals surface area contributed by atoms with Crippen molar-refractivity contribution in [1.82, 2.24) is 0 Å². The zero-order valence-corrected chi connectivity index (χ0v) is 12.4. The second kappa shape index (κ2) is 3.50. The van der Waals surface area contributed by atoms with E-state index in [-0.39, 0.29) is 42.8 Å². The molecule has 0 radical (unpaired) electrons. The van der Waals surface area contributed by atoms with Gasteiger partial charge in [0.1, 0.15) is 0 Å². The van der Waals surface area contributed by atoms with Gasteiger partial charge in [-0.1, -0.05) is 6.92 Å². The topological polar surface area (TPSA) is 38.7 Å². The Labute approximate surface area is 103 Å². The second-order valence-electron chi connectivity index (χ2n) is 4.03. The molecule has 0 aliphatic carbocycles. The van der Waals surface area contributed by atoms with Crippen LogP contribution in [0, 0.1) is 37.7 Å². The number of aliphatic hydroxyl groups is 1. The minimum atomic E-state index is -0.516. The van der Waals surface area contributed by atoms with Gasteiger partial charge in [-0.05, 0) is 26.4 Å². The molecule has 2 rings (SSSR count). The summed E-state index contributed by atoms with van der Waals surface area (Å²) in [5, 5.41) is 9.83. The molecule has 3 atom stereocenters. The van der Waals surface area contributed by atoms with E-state index < -0.39 is 11.7 Å². The van der Waals surface area contributed by atoms with Gasteiger partial charge in [-0.25, -0.2) is 0 Å². The fraction of sp³-hybridized carbons (Fsp3) is 0.889. The Kier molecular flexibility index (Phi) is 3.23. The van der Waals surface area contributed by atoms with Crippen molar-refractivity contribution in [3.8, 4) is 0 Å². The van der Waals surface area contributed by atoms with Crippen LogP contribution in [0.1, 0.15) is 27.2 Å². The van der Waals surface area contributed by atoms with Gasteiger partial charge < -0.3 is 14.6 Å². The molecular formula is C9H15O3U-. The fourth-order valence-electron chi connectivity index (χ4n) is 2.35. The van der Waals surface area contributed by atoms with Crippen molar-refractivity contribution in [2.75, 3.05) is 0 Å². The first-order valence-corrected chi connectivity index (χ1v) is 4.40. The van der Waals surface area contributed by atoms with E-state index in [9.17, 15) is 5.11 Å². The maximum Gasteiger partial charge on any atom is 0.0900 e. The van der Waals surface area contributed by atoms with E-state index in [2.05, 4.69) is 0 Å². The smallest absolute Gasteiger partial charge is 0.0900 e. The second-order valence-corrected chi connectivity index (χ2v) is 4.03. The molecule has 1 N–H and O–H groups in total. The van der Waals surface area contributed by atoms with Crippen molar-refractivity contribution in [2.24, 2.45) is 0 Å². The average Bonchev–Trinajstić information content (AvgIpc) is 2.39. The van der Waals surface area contributed by atoms with Crippen LogP contribution in [0.5, 0.6) is 0 Å². The van der Waals surface area contributed by atoms with Gasteiger partial charge in [0.25, 0.3) is 0 Å². The first-order valence-electron chi connectivity index (χ1n) is 4.40. The molecule has 4 heteroatoms. The number of hydrogen-bond donors (Lipinski definition) is 1. The van der Waals surface area contributed by atoms with Crippen molar-refractivity contribution >= 4 is 0 Å². The van der Waals surface area contributed by atoms with Crippen molar-refractivity contribution in [2.45, 2.75) is 50.6 Å². The van der Waals surface area contributed by atoms with Crippen molar-refractivity contribution in [3.05, 3.63) is 6.61 Å². The van der Waals surface area contributed by atoms with Gasteiger partial charge in [-0.15, -0.1) is 0 Å². The minimum absolute atomic E-state index is 0. The largest absolute Gasteiger partial charge is 0.541 e. The molecule has 0 aromatic heterocycles. The summed E-state index contributed by atoms with van der Waals surface area (Å²) in [4.78, 5) is 0. The van der Waals surface area contributed by atoms with E-state index in [0.29, 0.717) is 0 Å². The molecule has 74 valence electrons. The van der Waals surface area contributed by atoms with Gasteiger partial charge in [-0.3, -0.25) is 0 Å². The predicted octanol–water partition coefficient (Wildman–Crippen LogP) is 0.865. The van der Waals surface area contributed by atoms with Gasteiger partial charge >= 0.3 is 0 Å². The summed E-state index contributed by atoms with van der Waals surface area (Å²) < 4.78 is 11.1. The van der Waals surface area contributed by atoms with Crippen molar-refractivity contribution in [3.63, 3.8) is 0 Å². The Bertz CT molecular complexity index is 207. The first kappa shape index (κ1) is 12.0. The van der Waals surface area contributed by atoms with Gasteiger partial charge in [0.2, 0.25) is 0 Å². The Morgan fingerprint density at radius 2 is 2.08 bits per heavy atom. The van der Waals surface area contributed by atoms with Gasteiger partial charge in [0.05, 0.1) is 17.3 Å². The van der Waals surface area contributed by atoms with Crippen LogP contribution < -0.4 is 0 Å². The monoisotopic (exact) mass is 409 g/mol. The van der Waals surface area contributed by atoms with E-state index in [0.717, 1.165) is 6.42 Å². The van der Waals surface area contributed by atoms with E-state index >= 15 is 0 Å². The summed E-state index contributed by atoms with van der Waals surface area (Å²) in [7, 11) is 0. The molecular weight excluding hydrogens is 394 g/mol. The number of hydrogen-bond acceptors (Lipinski definition) is 3. The van der Waals surface area contributed by atoms with Crippen LogP contribution in [0.15, 0.2) is 0 Å². The van der Waals surface area contributed by atoms with E-state index in [1.54, 1.807) is 6.61 Å². The molecule has 2 fully saturated rings. The third-order valence-corrected chi connectivity index (χ3v) is 3.18. The molecule has 3 nitrogen and oxygen atoms in total. The van der Waals surface area contributed by atoms with Crippen LogP contribution in [0.4, 0.5) is 0 Å². The molecule has 2 heterocycles. The summed E-state index contributed by atoms with van der Waals surface area (Å²) in [5.41, 5.74) is -0.891. The molecule has 0 aromatic carbocycles. The summed E-state index contributed by atoms with van der Waals surface area (Å²) in [6, 6.07) is 0.